The molecule has 6 heteroatoms. The number of likely N-dealkylation sites (tertiary alicyclic amines) is 1. The molecule has 1 aromatic carbocycles. The molecule has 1 unspecified atom stereocenters. The number of aliphatic hydroxyl groups is 1. The molecule has 2 amide bonds. The highest BCUT2D eigenvalue weighted by Crippen LogP contribution is 2.21. The number of piperidine rings is 1. The lowest BCUT2D eigenvalue weighted by Crippen LogP contribution is -2.51. The second-order valence-corrected chi connectivity index (χ2v) is 6.54. The van der Waals surface area contributed by atoms with Crippen LogP contribution in [0.5, 0.6) is 0 Å². The van der Waals surface area contributed by atoms with Crippen molar-refractivity contribution in [3.8, 4) is 6.07 Å². The fourth-order valence-electron chi connectivity index (χ4n) is 3.58. The quantitative estimate of drug-likeness (QED) is 0.885. The minimum atomic E-state index is -0.0385. The number of hydrogen-bond donors (Lipinski definition) is 2. The predicted octanol–water partition coefficient (Wildman–Crippen LogP) is 1.69. The van der Waals surface area contributed by atoms with E-state index in [4.69, 9.17) is 5.26 Å². The van der Waals surface area contributed by atoms with Crippen molar-refractivity contribution < 1.29 is 9.90 Å². The number of carbonyl (C=O) groups excluding carboxylic acids is 1. The molecule has 0 bridgehead atoms. The Morgan fingerprint density at radius 3 is 2.54 bits per heavy atom. The molecule has 0 aliphatic carbocycles. The summed E-state index contributed by atoms with van der Waals surface area (Å²) >= 11 is 0. The van der Waals surface area contributed by atoms with Crippen molar-refractivity contribution in [1.29, 1.82) is 5.26 Å². The van der Waals surface area contributed by atoms with E-state index in [2.05, 4.69) is 16.3 Å². The first-order chi connectivity index (χ1) is 11.7. The van der Waals surface area contributed by atoms with E-state index < -0.39 is 0 Å². The maximum absolute atomic E-state index is 12.4. The van der Waals surface area contributed by atoms with Crippen molar-refractivity contribution in [2.45, 2.75) is 37.8 Å². The summed E-state index contributed by atoms with van der Waals surface area (Å²) < 4.78 is 0. The maximum Gasteiger partial charge on any atom is 0.317 e. The van der Waals surface area contributed by atoms with Crippen molar-refractivity contribution in [2.75, 3.05) is 31.1 Å². The van der Waals surface area contributed by atoms with E-state index in [1.807, 2.05) is 24.3 Å². The third kappa shape index (κ3) is 3.62. The van der Waals surface area contributed by atoms with Crippen LogP contribution in [0, 0.1) is 11.3 Å². The van der Waals surface area contributed by atoms with E-state index in [0.29, 0.717) is 5.56 Å². The summed E-state index contributed by atoms with van der Waals surface area (Å²) in [5.74, 6) is 0. The van der Waals surface area contributed by atoms with Gasteiger partial charge in [0.05, 0.1) is 24.3 Å². The molecule has 2 fully saturated rings. The Bertz CT molecular complexity index is 602. The van der Waals surface area contributed by atoms with E-state index in [9.17, 15) is 9.90 Å². The van der Waals surface area contributed by atoms with Gasteiger partial charge in [-0.05, 0) is 49.9 Å². The van der Waals surface area contributed by atoms with Gasteiger partial charge in [0, 0.05) is 31.4 Å². The second kappa shape index (κ2) is 7.54. The molecule has 2 heterocycles. The molecule has 128 valence electrons. The standard InChI is InChI=1S/C18H24N4O2/c19-12-14-3-5-16(6-4-14)21-10-7-15(8-11-21)20-18(24)22-9-1-2-17(22)13-23/h3-6,15,17,23H,1-2,7-11,13H2,(H,20,24). The third-order valence-electron chi connectivity index (χ3n) is 5.03. The van der Waals surface area contributed by atoms with Gasteiger partial charge in [-0.3, -0.25) is 0 Å². The summed E-state index contributed by atoms with van der Waals surface area (Å²) in [6, 6.07) is 9.89. The number of amides is 2. The molecule has 3 rings (SSSR count). The first-order valence-electron chi connectivity index (χ1n) is 8.64. The monoisotopic (exact) mass is 328 g/mol. The molecule has 2 aliphatic heterocycles. The van der Waals surface area contributed by atoms with Crippen LogP contribution in [0.3, 0.4) is 0 Å². The molecule has 0 spiro atoms. The highest BCUT2D eigenvalue weighted by atomic mass is 16.3. The van der Waals surface area contributed by atoms with Gasteiger partial charge in [0.2, 0.25) is 0 Å². The molecule has 6 nitrogen and oxygen atoms in total. The Kier molecular flexibility index (Phi) is 5.21. The predicted molar refractivity (Wildman–Crippen MR) is 91.7 cm³/mol. The highest BCUT2D eigenvalue weighted by molar-refractivity contribution is 5.75. The number of nitrogens with zero attached hydrogens (tertiary/aromatic N) is 3. The number of nitriles is 1. The smallest absolute Gasteiger partial charge is 0.317 e. The summed E-state index contributed by atoms with van der Waals surface area (Å²) in [5, 5.41) is 21.3. The normalized spacial score (nSPS) is 21.6. The van der Waals surface area contributed by atoms with E-state index in [-0.39, 0.29) is 24.7 Å². The lowest BCUT2D eigenvalue weighted by Gasteiger charge is -2.35. The number of aliphatic hydroxyl groups excluding tert-OH is 1. The van der Waals surface area contributed by atoms with Crippen molar-refractivity contribution in [1.82, 2.24) is 10.2 Å². The lowest BCUT2D eigenvalue weighted by atomic mass is 10.0. The fraction of sp³-hybridized carbons (Fsp3) is 0.556. The topological polar surface area (TPSA) is 79.6 Å². The largest absolute Gasteiger partial charge is 0.394 e. The fourth-order valence-corrected chi connectivity index (χ4v) is 3.58. The molecule has 0 aromatic heterocycles. The minimum absolute atomic E-state index is 0.0243. The molecule has 0 radical (unpaired) electrons. The SMILES string of the molecule is N#Cc1ccc(N2CCC(NC(=O)N3CCCC3CO)CC2)cc1. The van der Waals surface area contributed by atoms with Crippen LogP contribution in [0.1, 0.15) is 31.2 Å². The van der Waals surface area contributed by atoms with Gasteiger partial charge in [0.25, 0.3) is 0 Å². The van der Waals surface area contributed by atoms with Crippen molar-refractivity contribution >= 4 is 11.7 Å². The van der Waals surface area contributed by atoms with Crippen LogP contribution >= 0.6 is 0 Å². The number of urea groups is 1. The van der Waals surface area contributed by atoms with Crippen LogP contribution in [0.15, 0.2) is 24.3 Å². The van der Waals surface area contributed by atoms with E-state index in [1.165, 1.54) is 0 Å². The second-order valence-electron chi connectivity index (χ2n) is 6.54. The van der Waals surface area contributed by atoms with Crippen molar-refractivity contribution in [3.05, 3.63) is 29.8 Å². The first kappa shape index (κ1) is 16.6. The number of rotatable bonds is 3. The highest BCUT2D eigenvalue weighted by Gasteiger charge is 2.30. The summed E-state index contributed by atoms with van der Waals surface area (Å²) in [5.41, 5.74) is 1.80. The van der Waals surface area contributed by atoms with Gasteiger partial charge in [-0.1, -0.05) is 0 Å². The Hall–Kier alpha value is -2.26. The van der Waals surface area contributed by atoms with Gasteiger partial charge < -0.3 is 20.2 Å². The maximum atomic E-state index is 12.4. The van der Waals surface area contributed by atoms with Gasteiger partial charge in [0.15, 0.2) is 0 Å². The number of anilines is 1. The van der Waals surface area contributed by atoms with Gasteiger partial charge in [-0.15, -0.1) is 0 Å². The number of carbonyl (C=O) groups is 1. The summed E-state index contributed by atoms with van der Waals surface area (Å²) in [6.07, 6.45) is 3.67. The molecular weight excluding hydrogens is 304 g/mol. The van der Waals surface area contributed by atoms with Gasteiger partial charge in [-0.25, -0.2) is 4.79 Å². The molecule has 2 N–H and O–H groups in total. The third-order valence-corrected chi connectivity index (χ3v) is 5.03. The van der Waals surface area contributed by atoms with Crippen molar-refractivity contribution in [2.24, 2.45) is 0 Å². The van der Waals surface area contributed by atoms with Gasteiger partial charge >= 0.3 is 6.03 Å². The zero-order chi connectivity index (χ0) is 16.9. The molecule has 2 aliphatic rings. The molecule has 2 saturated heterocycles. The number of benzene rings is 1. The Morgan fingerprint density at radius 2 is 1.92 bits per heavy atom. The van der Waals surface area contributed by atoms with Gasteiger partial charge in [-0.2, -0.15) is 5.26 Å². The zero-order valence-corrected chi connectivity index (χ0v) is 13.8. The molecule has 0 saturated carbocycles. The molecule has 24 heavy (non-hydrogen) atoms. The molecular formula is C18H24N4O2. The van der Waals surface area contributed by atoms with Gasteiger partial charge in [0.1, 0.15) is 0 Å². The summed E-state index contributed by atoms with van der Waals surface area (Å²) in [7, 11) is 0. The van der Waals surface area contributed by atoms with Crippen LogP contribution in [0.25, 0.3) is 0 Å². The van der Waals surface area contributed by atoms with E-state index >= 15 is 0 Å². The van der Waals surface area contributed by atoms with Crippen molar-refractivity contribution in [3.63, 3.8) is 0 Å². The molecule has 1 aromatic rings. The zero-order valence-electron chi connectivity index (χ0n) is 13.8. The van der Waals surface area contributed by atoms with Crippen LogP contribution in [-0.2, 0) is 0 Å². The van der Waals surface area contributed by atoms with E-state index in [1.54, 1.807) is 4.90 Å². The van der Waals surface area contributed by atoms with Crippen LogP contribution in [0.2, 0.25) is 0 Å². The van der Waals surface area contributed by atoms with E-state index in [0.717, 1.165) is 51.0 Å². The van der Waals surface area contributed by atoms with Crippen LogP contribution in [0.4, 0.5) is 10.5 Å². The number of hydrogen-bond acceptors (Lipinski definition) is 4. The Balaban J connectivity index is 1.50. The van der Waals surface area contributed by atoms with Crippen LogP contribution < -0.4 is 10.2 Å². The first-order valence-corrected chi connectivity index (χ1v) is 8.64. The van der Waals surface area contributed by atoms with Crippen LogP contribution in [-0.4, -0.2) is 54.4 Å². The molecule has 1 atom stereocenters. The minimum Gasteiger partial charge on any atom is -0.394 e. The average molecular weight is 328 g/mol. The Morgan fingerprint density at radius 1 is 1.21 bits per heavy atom. The summed E-state index contributed by atoms with van der Waals surface area (Å²) in [6.45, 7) is 2.56. The summed E-state index contributed by atoms with van der Waals surface area (Å²) in [4.78, 5) is 16.4. The number of nitrogens with one attached hydrogen (secondary N) is 1. The Labute approximate surface area is 142 Å². The lowest BCUT2D eigenvalue weighted by molar-refractivity contribution is 0.153. The average Bonchev–Trinajstić information content (AvgIpc) is 3.11.